The van der Waals surface area contributed by atoms with Crippen LogP contribution in [0, 0.1) is 5.41 Å². The SMILES string of the molecule is COC(=O)[C@@H](O)Cc1cc2c(oc1=O)CC(C)(C)CC2=O. The zero-order valence-corrected chi connectivity index (χ0v) is 12.3. The Morgan fingerprint density at radius 3 is 2.71 bits per heavy atom. The van der Waals surface area contributed by atoms with Gasteiger partial charge < -0.3 is 14.3 Å². The summed E-state index contributed by atoms with van der Waals surface area (Å²) in [6.07, 6.45) is -0.819. The van der Waals surface area contributed by atoms with Crippen molar-refractivity contribution in [1.29, 1.82) is 0 Å². The number of aliphatic hydroxyl groups excluding tert-OH is 1. The number of esters is 1. The maximum atomic E-state index is 12.1. The summed E-state index contributed by atoms with van der Waals surface area (Å²) in [6, 6.07) is 1.42. The van der Waals surface area contributed by atoms with Gasteiger partial charge in [-0.05, 0) is 11.5 Å². The summed E-state index contributed by atoms with van der Waals surface area (Å²) in [6.45, 7) is 3.87. The molecule has 0 fully saturated rings. The molecular formula is C15H18O6. The van der Waals surface area contributed by atoms with Crippen LogP contribution in [0.5, 0.6) is 0 Å². The van der Waals surface area contributed by atoms with E-state index in [9.17, 15) is 19.5 Å². The second kappa shape index (κ2) is 5.44. The van der Waals surface area contributed by atoms with Crippen LogP contribution in [0.2, 0.25) is 0 Å². The Balaban J connectivity index is 2.36. The summed E-state index contributed by atoms with van der Waals surface area (Å²) >= 11 is 0. The highest BCUT2D eigenvalue weighted by atomic mass is 16.5. The molecule has 114 valence electrons. The van der Waals surface area contributed by atoms with E-state index in [0.717, 1.165) is 7.11 Å². The molecule has 0 saturated heterocycles. The van der Waals surface area contributed by atoms with E-state index >= 15 is 0 Å². The van der Waals surface area contributed by atoms with E-state index in [1.54, 1.807) is 0 Å². The number of aliphatic hydroxyl groups is 1. The normalized spacial score (nSPS) is 18.0. The lowest BCUT2D eigenvalue weighted by molar-refractivity contribution is -0.150. The number of fused-ring (bicyclic) bond motifs is 1. The van der Waals surface area contributed by atoms with E-state index in [2.05, 4.69) is 4.74 Å². The highest BCUT2D eigenvalue weighted by Crippen LogP contribution is 2.34. The van der Waals surface area contributed by atoms with Gasteiger partial charge in [0.15, 0.2) is 11.9 Å². The van der Waals surface area contributed by atoms with E-state index in [4.69, 9.17) is 4.42 Å². The van der Waals surface area contributed by atoms with E-state index < -0.39 is 17.7 Å². The van der Waals surface area contributed by atoms with Gasteiger partial charge in [-0.25, -0.2) is 9.59 Å². The minimum atomic E-state index is -1.45. The summed E-state index contributed by atoms with van der Waals surface area (Å²) in [7, 11) is 1.15. The first kappa shape index (κ1) is 15.4. The average Bonchev–Trinajstić information content (AvgIpc) is 2.38. The highest BCUT2D eigenvalue weighted by molar-refractivity contribution is 5.98. The molecular weight excluding hydrogens is 276 g/mol. The third kappa shape index (κ3) is 3.21. The van der Waals surface area contributed by atoms with Crippen molar-refractivity contribution in [2.75, 3.05) is 7.11 Å². The van der Waals surface area contributed by atoms with Crippen molar-refractivity contribution in [3.05, 3.63) is 33.4 Å². The molecule has 0 radical (unpaired) electrons. The Bertz CT molecular complexity index is 640. The fourth-order valence-corrected chi connectivity index (χ4v) is 2.51. The van der Waals surface area contributed by atoms with Gasteiger partial charge in [0.05, 0.1) is 12.7 Å². The molecule has 1 atom stereocenters. The van der Waals surface area contributed by atoms with Crippen LogP contribution in [0.25, 0.3) is 0 Å². The maximum absolute atomic E-state index is 12.1. The number of carbonyl (C=O) groups is 2. The standard InChI is InChI=1S/C15H18O6/c1-15(2)6-11(17)9-4-8(5-10(16)14(19)20-3)13(18)21-12(9)7-15/h4,10,16H,5-7H2,1-3H3/t10-/m0/s1. The molecule has 0 aliphatic heterocycles. The van der Waals surface area contributed by atoms with Crippen molar-refractivity contribution in [3.8, 4) is 0 Å². The molecule has 6 nitrogen and oxygen atoms in total. The van der Waals surface area contributed by atoms with Crippen LogP contribution in [-0.2, 0) is 22.4 Å². The van der Waals surface area contributed by atoms with E-state index in [1.807, 2.05) is 13.8 Å². The number of hydrogen-bond donors (Lipinski definition) is 1. The molecule has 0 aromatic carbocycles. The number of methoxy groups -OCH3 is 1. The molecule has 1 heterocycles. The lowest BCUT2D eigenvalue weighted by Gasteiger charge is -2.28. The lowest BCUT2D eigenvalue weighted by atomic mass is 9.76. The van der Waals surface area contributed by atoms with Gasteiger partial charge in [-0.2, -0.15) is 0 Å². The first-order valence-electron chi connectivity index (χ1n) is 6.68. The highest BCUT2D eigenvalue weighted by Gasteiger charge is 2.33. The number of hydrogen-bond acceptors (Lipinski definition) is 6. The summed E-state index contributed by atoms with van der Waals surface area (Å²) in [5, 5.41) is 9.61. The molecule has 1 aliphatic rings. The Labute approximate surface area is 121 Å². The van der Waals surface area contributed by atoms with Gasteiger partial charge in [0.1, 0.15) is 5.76 Å². The fraction of sp³-hybridized carbons (Fsp3) is 0.533. The average molecular weight is 294 g/mol. The number of carbonyl (C=O) groups excluding carboxylic acids is 2. The molecule has 1 aromatic heterocycles. The second-order valence-electron chi connectivity index (χ2n) is 6.08. The molecule has 0 spiro atoms. The molecule has 6 heteroatoms. The predicted octanol–water partition coefficient (Wildman–Crippen LogP) is 0.871. The van der Waals surface area contributed by atoms with Crippen molar-refractivity contribution in [2.24, 2.45) is 5.41 Å². The molecule has 0 bridgehead atoms. The van der Waals surface area contributed by atoms with Gasteiger partial charge >= 0.3 is 11.6 Å². The molecule has 1 aliphatic carbocycles. The lowest BCUT2D eigenvalue weighted by Crippen LogP contribution is -2.31. The minimum Gasteiger partial charge on any atom is -0.467 e. The number of ether oxygens (including phenoxy) is 1. The van der Waals surface area contributed by atoms with Crippen LogP contribution in [-0.4, -0.2) is 30.1 Å². The first-order chi connectivity index (χ1) is 9.73. The minimum absolute atomic E-state index is 0.0970. The van der Waals surface area contributed by atoms with Gasteiger partial charge in [0, 0.05) is 24.8 Å². The Kier molecular flexibility index (Phi) is 4.00. The van der Waals surface area contributed by atoms with E-state index in [0.29, 0.717) is 24.2 Å². The van der Waals surface area contributed by atoms with Crippen molar-refractivity contribution in [3.63, 3.8) is 0 Å². The summed E-state index contributed by atoms with van der Waals surface area (Å²) in [5.41, 5.74) is -0.421. The third-order valence-electron chi connectivity index (χ3n) is 3.56. The van der Waals surface area contributed by atoms with Crippen molar-refractivity contribution in [1.82, 2.24) is 0 Å². The van der Waals surface area contributed by atoms with Gasteiger partial charge in [-0.15, -0.1) is 0 Å². The second-order valence-corrected chi connectivity index (χ2v) is 6.08. The summed E-state index contributed by atoms with van der Waals surface area (Å²) in [4.78, 5) is 35.2. The van der Waals surface area contributed by atoms with Crippen LogP contribution in [0.15, 0.2) is 15.3 Å². The summed E-state index contributed by atoms with van der Waals surface area (Å²) in [5.74, 6) is -0.559. The van der Waals surface area contributed by atoms with Crippen LogP contribution in [0.3, 0.4) is 0 Å². The topological polar surface area (TPSA) is 93.8 Å². The zero-order valence-electron chi connectivity index (χ0n) is 12.3. The molecule has 0 saturated carbocycles. The smallest absolute Gasteiger partial charge is 0.339 e. The monoisotopic (exact) mass is 294 g/mol. The quantitative estimate of drug-likeness (QED) is 0.831. The molecule has 0 unspecified atom stereocenters. The fourth-order valence-electron chi connectivity index (χ4n) is 2.51. The van der Waals surface area contributed by atoms with Gasteiger partial charge in [-0.3, -0.25) is 4.79 Å². The molecule has 0 amide bonds. The van der Waals surface area contributed by atoms with E-state index in [-0.39, 0.29) is 23.2 Å². The molecule has 1 N–H and O–H groups in total. The Morgan fingerprint density at radius 1 is 1.43 bits per heavy atom. The third-order valence-corrected chi connectivity index (χ3v) is 3.56. The number of ketones is 1. The molecule has 21 heavy (non-hydrogen) atoms. The molecule has 1 aromatic rings. The van der Waals surface area contributed by atoms with Crippen LogP contribution in [0.1, 0.15) is 41.9 Å². The van der Waals surface area contributed by atoms with Crippen molar-refractivity contribution < 1.29 is 23.8 Å². The van der Waals surface area contributed by atoms with Gasteiger partial charge in [0.25, 0.3) is 0 Å². The maximum Gasteiger partial charge on any atom is 0.339 e. The Morgan fingerprint density at radius 2 is 2.10 bits per heavy atom. The van der Waals surface area contributed by atoms with Crippen LogP contribution in [0.4, 0.5) is 0 Å². The van der Waals surface area contributed by atoms with Crippen LogP contribution >= 0.6 is 0 Å². The summed E-state index contributed by atoms with van der Waals surface area (Å²) < 4.78 is 9.61. The van der Waals surface area contributed by atoms with Gasteiger partial charge in [-0.1, -0.05) is 13.8 Å². The zero-order chi connectivity index (χ0) is 15.8. The number of Topliss-reactive ketones (excluding diaryl/α,β-unsaturated/α-hetero) is 1. The first-order valence-corrected chi connectivity index (χ1v) is 6.68. The van der Waals surface area contributed by atoms with Crippen molar-refractivity contribution in [2.45, 2.75) is 39.2 Å². The van der Waals surface area contributed by atoms with Gasteiger partial charge in [0.2, 0.25) is 0 Å². The predicted molar refractivity (Wildman–Crippen MR) is 73.1 cm³/mol. The van der Waals surface area contributed by atoms with Crippen LogP contribution < -0.4 is 5.63 Å². The Hall–Kier alpha value is -1.95. The van der Waals surface area contributed by atoms with Crippen molar-refractivity contribution >= 4 is 11.8 Å². The number of rotatable bonds is 3. The largest absolute Gasteiger partial charge is 0.467 e. The van der Waals surface area contributed by atoms with E-state index in [1.165, 1.54) is 6.07 Å². The molecule has 2 rings (SSSR count).